The molecule has 5 saturated carbocycles. The third kappa shape index (κ3) is 1.88. The first-order valence-electron chi connectivity index (χ1n) is 9.13. The molecule has 0 radical (unpaired) electrons. The Morgan fingerprint density at radius 1 is 1.22 bits per heavy atom. The van der Waals surface area contributed by atoms with E-state index < -0.39 is 11.6 Å². The lowest BCUT2D eigenvalue weighted by Gasteiger charge is -2.61. The van der Waals surface area contributed by atoms with Crippen LogP contribution in [0.3, 0.4) is 0 Å². The van der Waals surface area contributed by atoms with Crippen LogP contribution in [-0.2, 0) is 4.79 Å². The Hall–Kier alpha value is -1.12. The standard InChI is InChI=1S/C18H25N3O2/c19-8-13-2-12-3-14(12)21(13)16(22)15(20)17-4-10-1-11(5-17)7-18(23,6-10)9-17/h10-15,23H,1-7,9,20H2/t10?,11?,12-,13-,14+,15+,17?,18?/m1/s1. The Bertz CT molecular complexity index is 598. The van der Waals surface area contributed by atoms with E-state index in [0.29, 0.717) is 24.2 Å². The summed E-state index contributed by atoms with van der Waals surface area (Å²) >= 11 is 0. The predicted molar refractivity (Wildman–Crippen MR) is 82.8 cm³/mol. The number of aliphatic hydroxyl groups is 1. The maximum Gasteiger partial charge on any atom is 0.241 e. The lowest BCUT2D eigenvalue weighted by Crippen LogP contribution is -2.64. The summed E-state index contributed by atoms with van der Waals surface area (Å²) in [7, 11) is 0. The fraction of sp³-hybridized carbons (Fsp3) is 0.889. The number of rotatable bonds is 2. The molecule has 124 valence electrons. The van der Waals surface area contributed by atoms with E-state index in [-0.39, 0.29) is 23.4 Å². The van der Waals surface area contributed by atoms with Gasteiger partial charge in [0.05, 0.1) is 17.7 Å². The Morgan fingerprint density at radius 3 is 2.52 bits per heavy atom. The highest BCUT2D eigenvalue weighted by atomic mass is 16.3. The number of likely N-dealkylation sites (tertiary alicyclic amines) is 1. The molecular weight excluding hydrogens is 290 g/mol. The molecular formula is C18H25N3O2. The van der Waals surface area contributed by atoms with Gasteiger partial charge < -0.3 is 15.7 Å². The normalized spacial score (nSPS) is 53.8. The van der Waals surface area contributed by atoms with E-state index in [4.69, 9.17) is 5.73 Å². The Kier molecular flexibility index (Phi) is 2.65. The lowest BCUT2D eigenvalue weighted by atomic mass is 9.46. The van der Waals surface area contributed by atoms with E-state index >= 15 is 0 Å². The van der Waals surface area contributed by atoms with E-state index in [1.807, 2.05) is 0 Å². The number of nitrogens with zero attached hydrogens (tertiary/aromatic N) is 2. The average molecular weight is 315 g/mol. The van der Waals surface area contributed by atoms with Crippen molar-refractivity contribution in [2.75, 3.05) is 0 Å². The van der Waals surface area contributed by atoms with Crippen LogP contribution in [-0.4, -0.2) is 39.6 Å². The average Bonchev–Trinajstić information content (AvgIpc) is 3.14. The molecule has 5 heteroatoms. The molecule has 6 aliphatic rings. The molecule has 2 unspecified atom stereocenters. The second-order valence-electron chi connectivity index (χ2n) is 9.21. The van der Waals surface area contributed by atoms with Crippen molar-refractivity contribution in [3.63, 3.8) is 0 Å². The van der Waals surface area contributed by atoms with Gasteiger partial charge in [0.15, 0.2) is 0 Å². The SMILES string of the molecule is N#C[C@H]1C[C@@H]2C[C@@H]2N1C(=O)[C@H](N)C12CC3CC(CC(O)(C3)C1)C2. The van der Waals surface area contributed by atoms with Gasteiger partial charge in [0, 0.05) is 6.04 Å². The minimum atomic E-state index is -0.594. The second kappa shape index (κ2) is 4.29. The summed E-state index contributed by atoms with van der Waals surface area (Å²) in [5, 5.41) is 20.2. The molecule has 6 fully saturated rings. The predicted octanol–water partition coefficient (Wildman–Crippen LogP) is 1.16. The summed E-state index contributed by atoms with van der Waals surface area (Å²) in [6.45, 7) is 0. The minimum Gasteiger partial charge on any atom is -0.390 e. The molecule has 0 aromatic heterocycles. The van der Waals surface area contributed by atoms with Gasteiger partial charge in [-0.2, -0.15) is 5.26 Å². The summed E-state index contributed by atoms with van der Waals surface area (Å²) in [6, 6.07) is 1.72. The number of hydrogen-bond donors (Lipinski definition) is 2. The van der Waals surface area contributed by atoms with E-state index in [1.165, 1.54) is 6.42 Å². The van der Waals surface area contributed by atoms with Gasteiger partial charge in [0.2, 0.25) is 5.91 Å². The fourth-order valence-corrected chi connectivity index (χ4v) is 6.96. The summed E-state index contributed by atoms with van der Waals surface area (Å²) in [6.07, 6.45) is 7.48. The van der Waals surface area contributed by atoms with Crippen molar-refractivity contribution in [1.29, 1.82) is 5.26 Å². The fourth-order valence-electron chi connectivity index (χ4n) is 6.96. The molecule has 1 heterocycles. The summed E-state index contributed by atoms with van der Waals surface area (Å²) in [4.78, 5) is 14.9. The molecule has 1 amide bonds. The zero-order valence-corrected chi connectivity index (χ0v) is 13.4. The number of nitrogens with two attached hydrogens (primary N) is 1. The van der Waals surface area contributed by atoms with Crippen LogP contribution in [0.25, 0.3) is 0 Å². The second-order valence-corrected chi connectivity index (χ2v) is 9.21. The van der Waals surface area contributed by atoms with Gasteiger partial charge in [0.25, 0.3) is 0 Å². The van der Waals surface area contributed by atoms with Crippen molar-refractivity contribution in [1.82, 2.24) is 4.90 Å². The van der Waals surface area contributed by atoms with Crippen LogP contribution in [0.2, 0.25) is 0 Å². The van der Waals surface area contributed by atoms with Gasteiger partial charge in [-0.3, -0.25) is 4.79 Å². The largest absolute Gasteiger partial charge is 0.390 e. The number of amides is 1. The van der Waals surface area contributed by atoms with Gasteiger partial charge >= 0.3 is 0 Å². The van der Waals surface area contributed by atoms with Crippen molar-refractivity contribution in [3.8, 4) is 6.07 Å². The molecule has 0 aromatic carbocycles. The minimum absolute atomic E-state index is 0.0212. The third-order valence-corrected chi connectivity index (χ3v) is 7.51. The molecule has 0 spiro atoms. The van der Waals surface area contributed by atoms with Crippen LogP contribution >= 0.6 is 0 Å². The molecule has 5 aliphatic carbocycles. The molecule has 6 rings (SSSR count). The van der Waals surface area contributed by atoms with Gasteiger partial charge in [-0.25, -0.2) is 0 Å². The topological polar surface area (TPSA) is 90.4 Å². The maximum absolute atomic E-state index is 13.1. The number of carbonyl (C=O) groups is 1. The van der Waals surface area contributed by atoms with E-state index in [0.717, 1.165) is 38.5 Å². The highest BCUT2D eigenvalue weighted by molar-refractivity contribution is 5.84. The maximum atomic E-state index is 13.1. The van der Waals surface area contributed by atoms with E-state index in [2.05, 4.69) is 6.07 Å². The summed E-state index contributed by atoms with van der Waals surface area (Å²) < 4.78 is 0. The number of nitriles is 1. The zero-order valence-electron chi connectivity index (χ0n) is 13.4. The summed E-state index contributed by atoms with van der Waals surface area (Å²) in [5.41, 5.74) is 5.71. The van der Waals surface area contributed by atoms with Gasteiger partial charge in [-0.1, -0.05) is 0 Å². The number of piperidine rings is 1. The molecule has 1 saturated heterocycles. The highest BCUT2D eigenvalue weighted by Gasteiger charge is 2.62. The molecule has 23 heavy (non-hydrogen) atoms. The van der Waals surface area contributed by atoms with Crippen LogP contribution in [0.5, 0.6) is 0 Å². The van der Waals surface area contributed by atoms with Crippen LogP contribution in [0.1, 0.15) is 51.4 Å². The quantitative estimate of drug-likeness (QED) is 0.800. The van der Waals surface area contributed by atoms with Gasteiger partial charge in [-0.15, -0.1) is 0 Å². The van der Waals surface area contributed by atoms with Crippen molar-refractivity contribution >= 4 is 5.91 Å². The van der Waals surface area contributed by atoms with E-state index in [9.17, 15) is 15.2 Å². The monoisotopic (exact) mass is 315 g/mol. The first-order valence-corrected chi connectivity index (χ1v) is 9.13. The first-order chi connectivity index (χ1) is 10.9. The lowest BCUT2D eigenvalue weighted by molar-refractivity contribution is -0.177. The highest BCUT2D eigenvalue weighted by Crippen LogP contribution is 2.63. The van der Waals surface area contributed by atoms with Crippen LogP contribution in [0.15, 0.2) is 0 Å². The Balaban J connectivity index is 1.43. The number of hydrogen-bond acceptors (Lipinski definition) is 4. The molecule has 4 bridgehead atoms. The number of fused-ring (bicyclic) bond motifs is 1. The molecule has 6 atom stereocenters. The Labute approximate surface area is 136 Å². The van der Waals surface area contributed by atoms with Gasteiger partial charge in [0.1, 0.15) is 6.04 Å². The third-order valence-electron chi connectivity index (χ3n) is 7.51. The molecule has 1 aliphatic heterocycles. The van der Waals surface area contributed by atoms with Crippen molar-refractivity contribution in [3.05, 3.63) is 0 Å². The smallest absolute Gasteiger partial charge is 0.241 e. The van der Waals surface area contributed by atoms with E-state index in [1.54, 1.807) is 4.90 Å². The van der Waals surface area contributed by atoms with Gasteiger partial charge in [-0.05, 0) is 74.5 Å². The van der Waals surface area contributed by atoms with Crippen molar-refractivity contribution in [2.24, 2.45) is 28.9 Å². The number of carbonyl (C=O) groups excluding carboxylic acids is 1. The van der Waals surface area contributed by atoms with Crippen molar-refractivity contribution in [2.45, 2.75) is 75.1 Å². The summed E-state index contributed by atoms with van der Waals surface area (Å²) in [5.74, 6) is 1.56. The molecule has 5 nitrogen and oxygen atoms in total. The molecule has 0 aromatic rings. The van der Waals surface area contributed by atoms with Crippen molar-refractivity contribution < 1.29 is 9.90 Å². The van der Waals surface area contributed by atoms with Crippen LogP contribution < -0.4 is 5.73 Å². The van der Waals surface area contributed by atoms with Crippen LogP contribution in [0, 0.1) is 34.5 Å². The van der Waals surface area contributed by atoms with Crippen LogP contribution in [0.4, 0.5) is 0 Å². The zero-order chi connectivity index (χ0) is 16.0. The Morgan fingerprint density at radius 2 is 1.91 bits per heavy atom. The first kappa shape index (κ1) is 14.2. The molecule has 3 N–H and O–H groups in total.